The summed E-state index contributed by atoms with van der Waals surface area (Å²) in [5, 5.41) is 3.08. The van der Waals surface area contributed by atoms with Crippen molar-refractivity contribution in [2.75, 3.05) is 0 Å². The molecule has 3 rings (SSSR count). The first kappa shape index (κ1) is 14.8. The lowest BCUT2D eigenvalue weighted by molar-refractivity contribution is 0.857. The van der Waals surface area contributed by atoms with Gasteiger partial charge < -0.3 is 0 Å². The Hall–Kier alpha value is -2.12. The highest BCUT2D eigenvalue weighted by molar-refractivity contribution is 6.85. The average Bonchev–Trinajstić information content (AvgIpc) is 2.62. The lowest BCUT2D eigenvalue weighted by Gasteiger charge is -2.21. The molecule has 1 heteroatoms. The molecule has 0 N–H and O–H groups in total. The highest BCUT2D eigenvalue weighted by Gasteiger charge is 2.19. The molecule has 1 atom stereocenters. The lowest BCUT2D eigenvalue weighted by Crippen LogP contribution is -2.42. The van der Waals surface area contributed by atoms with E-state index in [0.717, 1.165) is 0 Å². The van der Waals surface area contributed by atoms with Gasteiger partial charge in [-0.3, -0.25) is 0 Å². The zero-order valence-electron chi connectivity index (χ0n) is 13.0. The third-order valence-corrected chi connectivity index (χ3v) is 7.92. The van der Waals surface area contributed by atoms with E-state index < -0.39 is 8.80 Å². The van der Waals surface area contributed by atoms with Crippen molar-refractivity contribution in [2.45, 2.75) is 18.9 Å². The Morgan fingerprint density at radius 2 is 1.05 bits per heavy atom. The Balaban J connectivity index is 1.90. The van der Waals surface area contributed by atoms with Crippen LogP contribution in [-0.4, -0.2) is 8.80 Å². The molecule has 0 spiro atoms. The van der Waals surface area contributed by atoms with Crippen LogP contribution >= 0.6 is 0 Å². The third kappa shape index (κ3) is 3.55. The van der Waals surface area contributed by atoms with Crippen molar-refractivity contribution in [1.82, 2.24) is 0 Å². The van der Waals surface area contributed by atoms with E-state index in [-0.39, 0.29) is 0 Å². The van der Waals surface area contributed by atoms with Crippen LogP contribution in [0.25, 0.3) is 0 Å². The molecule has 0 bridgehead atoms. The Morgan fingerprint density at radius 1 is 0.636 bits per heavy atom. The maximum atomic E-state index is 2.36. The van der Waals surface area contributed by atoms with Crippen molar-refractivity contribution in [3.05, 3.63) is 96.6 Å². The van der Waals surface area contributed by atoms with Crippen molar-refractivity contribution < 1.29 is 0 Å². The fraction of sp³-hybridized carbons (Fsp3) is 0.143. The van der Waals surface area contributed by atoms with Gasteiger partial charge in [-0.05, 0) is 17.5 Å². The van der Waals surface area contributed by atoms with Gasteiger partial charge in [0.15, 0.2) is 0 Å². The van der Waals surface area contributed by atoms with Crippen LogP contribution in [0, 0.1) is 0 Å². The van der Waals surface area contributed by atoms with E-state index in [1.165, 1.54) is 22.0 Å². The maximum absolute atomic E-state index is 2.36. The van der Waals surface area contributed by atoms with Gasteiger partial charge in [-0.25, -0.2) is 0 Å². The summed E-state index contributed by atoms with van der Waals surface area (Å²) in [4.78, 5) is 0. The van der Waals surface area contributed by atoms with Crippen molar-refractivity contribution in [1.29, 1.82) is 0 Å². The van der Waals surface area contributed by atoms with Gasteiger partial charge in [-0.2, -0.15) is 0 Å². The molecule has 0 aliphatic carbocycles. The predicted octanol–water partition coefficient (Wildman–Crippen LogP) is 3.83. The van der Waals surface area contributed by atoms with E-state index in [1.807, 2.05) is 0 Å². The van der Waals surface area contributed by atoms with E-state index in [0.29, 0.717) is 5.92 Å². The van der Waals surface area contributed by atoms with Crippen LogP contribution in [0.3, 0.4) is 0 Å². The molecule has 0 heterocycles. The maximum Gasteiger partial charge on any atom is 0.103 e. The molecule has 0 aromatic heterocycles. The van der Waals surface area contributed by atoms with Gasteiger partial charge in [0.25, 0.3) is 0 Å². The quantitative estimate of drug-likeness (QED) is 0.628. The zero-order chi connectivity index (χ0) is 15.2. The monoisotopic (exact) mass is 302 g/mol. The topological polar surface area (TPSA) is 0 Å². The van der Waals surface area contributed by atoms with Gasteiger partial charge in [0, 0.05) is 0 Å². The molecule has 22 heavy (non-hydrogen) atoms. The molecule has 1 unspecified atom stereocenters. The van der Waals surface area contributed by atoms with Crippen molar-refractivity contribution in [3.63, 3.8) is 0 Å². The molecule has 0 aliphatic rings. The van der Waals surface area contributed by atoms with E-state index in [4.69, 9.17) is 0 Å². The van der Waals surface area contributed by atoms with Crippen LogP contribution in [0.2, 0.25) is 6.04 Å². The summed E-state index contributed by atoms with van der Waals surface area (Å²) in [6, 6.07) is 34.3. The van der Waals surface area contributed by atoms with Gasteiger partial charge in [0.2, 0.25) is 0 Å². The highest BCUT2D eigenvalue weighted by Crippen LogP contribution is 2.21. The van der Waals surface area contributed by atoms with E-state index in [9.17, 15) is 0 Å². The minimum atomic E-state index is -1.18. The summed E-state index contributed by atoms with van der Waals surface area (Å²) in [6.07, 6.45) is 0. The van der Waals surface area contributed by atoms with Gasteiger partial charge in [-0.1, -0.05) is 108 Å². The normalized spacial score (nSPS) is 12.3. The van der Waals surface area contributed by atoms with Crippen LogP contribution in [-0.2, 0) is 0 Å². The minimum Gasteiger partial charge on any atom is -0.0629 e. The molecule has 0 nitrogen and oxygen atoms in total. The fourth-order valence-corrected chi connectivity index (χ4v) is 6.39. The Labute approximate surface area is 135 Å². The predicted molar refractivity (Wildman–Crippen MR) is 99.0 cm³/mol. The molecule has 0 aliphatic heterocycles. The van der Waals surface area contributed by atoms with Crippen LogP contribution in [0.5, 0.6) is 0 Å². The Kier molecular flexibility index (Phi) is 4.87. The molecular weight excluding hydrogens is 280 g/mol. The second kappa shape index (κ2) is 7.23. The summed E-state index contributed by atoms with van der Waals surface area (Å²) in [5.74, 6) is 0.596. The summed E-state index contributed by atoms with van der Waals surface area (Å²) in [5.41, 5.74) is 1.45. The lowest BCUT2D eigenvalue weighted by atomic mass is 10.0. The molecule has 0 saturated heterocycles. The van der Waals surface area contributed by atoms with Gasteiger partial charge in [0.1, 0.15) is 8.80 Å². The molecule has 0 amide bonds. The largest absolute Gasteiger partial charge is 0.103 e. The highest BCUT2D eigenvalue weighted by atomic mass is 28.3. The van der Waals surface area contributed by atoms with Crippen LogP contribution in [0.4, 0.5) is 0 Å². The smallest absolute Gasteiger partial charge is 0.0629 e. The van der Waals surface area contributed by atoms with Crippen molar-refractivity contribution in [3.8, 4) is 0 Å². The summed E-state index contributed by atoms with van der Waals surface area (Å²) in [6.45, 7) is 2.36. The third-order valence-electron chi connectivity index (χ3n) is 4.36. The number of rotatable bonds is 5. The summed E-state index contributed by atoms with van der Waals surface area (Å²) < 4.78 is 0. The summed E-state index contributed by atoms with van der Waals surface area (Å²) in [7, 11) is -1.18. The van der Waals surface area contributed by atoms with Crippen molar-refractivity contribution >= 4 is 19.2 Å². The molecule has 3 aromatic rings. The molecule has 110 valence electrons. The van der Waals surface area contributed by atoms with Crippen molar-refractivity contribution in [2.24, 2.45) is 0 Å². The first-order chi connectivity index (χ1) is 10.8. The molecular formula is C21H22Si. The molecule has 0 radical (unpaired) electrons. The number of hydrogen-bond acceptors (Lipinski definition) is 0. The molecule has 0 fully saturated rings. The van der Waals surface area contributed by atoms with Crippen LogP contribution in [0.1, 0.15) is 18.4 Å². The fourth-order valence-electron chi connectivity index (χ4n) is 3.11. The second-order valence-electron chi connectivity index (χ2n) is 5.92. The van der Waals surface area contributed by atoms with Gasteiger partial charge >= 0.3 is 0 Å². The average molecular weight is 302 g/mol. The Bertz CT molecular complexity index is 637. The van der Waals surface area contributed by atoms with E-state index >= 15 is 0 Å². The number of benzene rings is 3. The van der Waals surface area contributed by atoms with Crippen LogP contribution < -0.4 is 10.4 Å². The second-order valence-corrected chi connectivity index (χ2v) is 8.83. The molecule has 0 saturated carbocycles. The minimum absolute atomic E-state index is 0.596. The van der Waals surface area contributed by atoms with Gasteiger partial charge in [-0.15, -0.1) is 0 Å². The van der Waals surface area contributed by atoms with E-state index in [2.05, 4.69) is 97.9 Å². The first-order valence-electron chi connectivity index (χ1n) is 7.99. The van der Waals surface area contributed by atoms with Gasteiger partial charge in [0.05, 0.1) is 0 Å². The molecule has 3 aromatic carbocycles. The zero-order valence-corrected chi connectivity index (χ0v) is 14.2. The van der Waals surface area contributed by atoms with E-state index in [1.54, 1.807) is 0 Å². The summed E-state index contributed by atoms with van der Waals surface area (Å²) >= 11 is 0. The first-order valence-corrected chi connectivity index (χ1v) is 9.96. The number of hydrogen-bond donors (Lipinski definition) is 0. The standard InChI is InChI=1S/C21H22Si/c1-18(19-11-5-2-6-12-19)17-22(20-13-7-3-8-14-20)21-15-9-4-10-16-21/h2-16,18,22H,17H2,1H3. The SMILES string of the molecule is CC(C[SiH](c1ccccc1)c1ccccc1)c1ccccc1. The Morgan fingerprint density at radius 3 is 1.50 bits per heavy atom. The van der Waals surface area contributed by atoms with Crippen LogP contribution in [0.15, 0.2) is 91.0 Å².